The topological polar surface area (TPSA) is 60.2 Å². The van der Waals surface area contributed by atoms with Gasteiger partial charge in [-0.05, 0) is 42.8 Å². The smallest absolute Gasteiger partial charge is 0.258 e. The Morgan fingerprint density at radius 2 is 1.71 bits per heavy atom. The van der Waals surface area contributed by atoms with Crippen molar-refractivity contribution in [3.8, 4) is 0 Å². The first-order valence-electron chi connectivity index (χ1n) is 6.07. The van der Waals surface area contributed by atoms with Gasteiger partial charge in [0.1, 0.15) is 4.36 Å². The van der Waals surface area contributed by atoms with E-state index in [-0.39, 0.29) is 10.1 Å². The molecular weight excluding hydrogens is 310 g/mol. The summed E-state index contributed by atoms with van der Waals surface area (Å²) in [7, 11) is -1.46. The van der Waals surface area contributed by atoms with Crippen LogP contribution in [0.4, 0.5) is 5.69 Å². The molecule has 0 heterocycles. The summed E-state index contributed by atoms with van der Waals surface area (Å²) in [6, 6.07) is 13.1. The molecule has 0 N–H and O–H groups in total. The van der Waals surface area contributed by atoms with Crippen molar-refractivity contribution in [2.24, 2.45) is 0 Å². The number of hydrogen-bond donors (Lipinski definition) is 0. The first-order chi connectivity index (χ1) is 9.97. The highest BCUT2D eigenvalue weighted by Gasteiger charge is 2.09. The highest BCUT2D eigenvalue weighted by atomic mass is 35.5. The standard InChI is InChI=1S/C15H12ClNO3S/c1-11-2-8-14(9-3-11)21(20)15(16)10-12-4-6-13(7-5-12)17(18)19/h2-10H,1H3/b15-10+/t21-/m0/s1. The van der Waals surface area contributed by atoms with Gasteiger partial charge < -0.3 is 0 Å². The number of aryl methyl sites for hydroxylation is 1. The lowest BCUT2D eigenvalue weighted by Crippen LogP contribution is -1.91. The molecule has 0 aliphatic carbocycles. The number of rotatable bonds is 4. The predicted molar refractivity (Wildman–Crippen MR) is 84.5 cm³/mol. The maximum Gasteiger partial charge on any atom is 0.269 e. The highest BCUT2D eigenvalue weighted by molar-refractivity contribution is 7.91. The van der Waals surface area contributed by atoms with Crippen LogP contribution in [-0.2, 0) is 10.8 Å². The van der Waals surface area contributed by atoms with Crippen LogP contribution in [0.2, 0.25) is 0 Å². The zero-order chi connectivity index (χ0) is 15.4. The lowest BCUT2D eigenvalue weighted by atomic mass is 10.2. The van der Waals surface area contributed by atoms with Crippen LogP contribution in [0.5, 0.6) is 0 Å². The van der Waals surface area contributed by atoms with Crippen LogP contribution in [0, 0.1) is 17.0 Å². The van der Waals surface area contributed by atoms with Gasteiger partial charge in [-0.1, -0.05) is 29.3 Å². The molecule has 0 saturated heterocycles. The molecule has 0 radical (unpaired) electrons. The van der Waals surface area contributed by atoms with Gasteiger partial charge in [0.05, 0.1) is 15.7 Å². The number of hydrogen-bond acceptors (Lipinski definition) is 3. The molecule has 0 aliphatic rings. The third kappa shape index (κ3) is 4.00. The fraction of sp³-hybridized carbons (Fsp3) is 0.0667. The zero-order valence-corrected chi connectivity index (χ0v) is 12.7. The summed E-state index contributed by atoms with van der Waals surface area (Å²) in [4.78, 5) is 10.7. The molecule has 0 amide bonds. The average molecular weight is 322 g/mol. The number of non-ortho nitro benzene ring substituents is 1. The molecule has 4 nitrogen and oxygen atoms in total. The monoisotopic (exact) mass is 321 g/mol. The second-order valence-corrected chi connectivity index (χ2v) is 6.46. The van der Waals surface area contributed by atoms with Crippen molar-refractivity contribution in [3.05, 3.63) is 74.1 Å². The maximum atomic E-state index is 12.2. The van der Waals surface area contributed by atoms with Crippen LogP contribution >= 0.6 is 11.6 Å². The largest absolute Gasteiger partial charge is 0.269 e. The molecule has 6 heteroatoms. The summed E-state index contributed by atoms with van der Waals surface area (Å²) in [6.45, 7) is 1.95. The normalized spacial score (nSPS) is 13.0. The molecule has 108 valence electrons. The van der Waals surface area contributed by atoms with Crippen LogP contribution < -0.4 is 0 Å². The maximum absolute atomic E-state index is 12.2. The lowest BCUT2D eigenvalue weighted by Gasteiger charge is -2.02. The minimum Gasteiger partial charge on any atom is -0.258 e. The highest BCUT2D eigenvalue weighted by Crippen LogP contribution is 2.22. The van der Waals surface area contributed by atoms with Crippen molar-refractivity contribution in [2.75, 3.05) is 0 Å². The Morgan fingerprint density at radius 1 is 1.14 bits per heavy atom. The number of halogens is 1. The van der Waals surface area contributed by atoms with Crippen molar-refractivity contribution >= 4 is 34.2 Å². The summed E-state index contributed by atoms with van der Waals surface area (Å²) in [6.07, 6.45) is 1.54. The van der Waals surface area contributed by atoms with Gasteiger partial charge in [0.25, 0.3) is 5.69 Å². The average Bonchev–Trinajstić information content (AvgIpc) is 2.47. The van der Waals surface area contributed by atoms with Crippen LogP contribution in [0.3, 0.4) is 0 Å². The Balaban J connectivity index is 2.21. The van der Waals surface area contributed by atoms with Crippen molar-refractivity contribution in [1.29, 1.82) is 0 Å². The lowest BCUT2D eigenvalue weighted by molar-refractivity contribution is -0.384. The third-order valence-electron chi connectivity index (χ3n) is 2.80. The molecule has 1 atom stereocenters. The SMILES string of the molecule is Cc1ccc([S@](=O)/C(Cl)=C/c2ccc([N+](=O)[O-])cc2)cc1. The van der Waals surface area contributed by atoms with Crippen molar-refractivity contribution in [2.45, 2.75) is 11.8 Å². The molecule has 2 rings (SSSR count). The fourth-order valence-electron chi connectivity index (χ4n) is 1.65. The molecule has 2 aromatic carbocycles. The molecule has 0 saturated carbocycles. The minimum atomic E-state index is -1.46. The van der Waals surface area contributed by atoms with Crippen LogP contribution in [0.25, 0.3) is 6.08 Å². The van der Waals surface area contributed by atoms with Crippen molar-refractivity contribution in [3.63, 3.8) is 0 Å². The summed E-state index contributed by atoms with van der Waals surface area (Å²) < 4.78 is 12.4. The van der Waals surface area contributed by atoms with Gasteiger partial charge in [0, 0.05) is 17.0 Å². The number of nitro benzene ring substituents is 1. The molecule has 21 heavy (non-hydrogen) atoms. The molecule has 0 bridgehead atoms. The van der Waals surface area contributed by atoms with E-state index in [1.54, 1.807) is 30.3 Å². The Labute approximate surface area is 129 Å². The molecule has 0 aromatic heterocycles. The Kier molecular flexibility index (Phi) is 4.88. The van der Waals surface area contributed by atoms with E-state index in [2.05, 4.69) is 0 Å². The Bertz CT molecular complexity index is 709. The van der Waals surface area contributed by atoms with Gasteiger partial charge in [-0.3, -0.25) is 10.1 Å². The molecule has 2 aromatic rings. The van der Waals surface area contributed by atoms with Gasteiger partial charge in [0.2, 0.25) is 0 Å². The first-order valence-corrected chi connectivity index (χ1v) is 7.60. The second kappa shape index (κ2) is 6.65. The van der Waals surface area contributed by atoms with E-state index in [1.165, 1.54) is 12.1 Å². The van der Waals surface area contributed by atoms with Crippen molar-refractivity contribution in [1.82, 2.24) is 0 Å². The van der Waals surface area contributed by atoms with Gasteiger partial charge in [-0.15, -0.1) is 0 Å². The summed E-state index contributed by atoms with van der Waals surface area (Å²) in [5.41, 5.74) is 1.74. The van der Waals surface area contributed by atoms with Gasteiger partial charge in [0.15, 0.2) is 0 Å². The van der Waals surface area contributed by atoms with Crippen LogP contribution in [0.1, 0.15) is 11.1 Å². The molecule has 0 spiro atoms. The van der Waals surface area contributed by atoms with E-state index in [0.717, 1.165) is 5.56 Å². The predicted octanol–water partition coefficient (Wildman–Crippen LogP) is 4.25. The van der Waals surface area contributed by atoms with E-state index in [4.69, 9.17) is 11.6 Å². The molecule has 0 fully saturated rings. The minimum absolute atomic E-state index is 0.00271. The number of benzene rings is 2. The van der Waals surface area contributed by atoms with Gasteiger partial charge in [-0.25, -0.2) is 4.21 Å². The second-order valence-electron chi connectivity index (χ2n) is 4.38. The summed E-state index contributed by atoms with van der Waals surface area (Å²) in [5, 5.41) is 10.6. The molecule has 0 aliphatic heterocycles. The van der Waals surface area contributed by atoms with E-state index in [0.29, 0.717) is 10.5 Å². The third-order valence-corrected chi connectivity index (χ3v) is 4.50. The number of nitrogens with zero attached hydrogens (tertiary/aromatic N) is 1. The quantitative estimate of drug-likeness (QED) is 0.624. The fourth-order valence-corrected chi connectivity index (χ4v) is 2.90. The zero-order valence-electron chi connectivity index (χ0n) is 11.2. The summed E-state index contributed by atoms with van der Waals surface area (Å²) >= 11 is 6.07. The van der Waals surface area contributed by atoms with Gasteiger partial charge in [-0.2, -0.15) is 0 Å². The molecule has 0 unspecified atom stereocenters. The number of nitro groups is 1. The Hall–Kier alpha value is -1.98. The van der Waals surface area contributed by atoms with E-state index in [1.807, 2.05) is 19.1 Å². The first kappa shape index (κ1) is 15.4. The van der Waals surface area contributed by atoms with Gasteiger partial charge >= 0.3 is 0 Å². The van der Waals surface area contributed by atoms with Crippen LogP contribution in [0.15, 0.2) is 57.8 Å². The van der Waals surface area contributed by atoms with E-state index >= 15 is 0 Å². The molecular formula is C15H12ClNO3S. The Morgan fingerprint density at radius 3 is 2.24 bits per heavy atom. The summed E-state index contributed by atoms with van der Waals surface area (Å²) in [5.74, 6) is 0. The van der Waals surface area contributed by atoms with E-state index < -0.39 is 15.7 Å². The van der Waals surface area contributed by atoms with Crippen molar-refractivity contribution < 1.29 is 9.13 Å². The van der Waals surface area contributed by atoms with Crippen LogP contribution in [-0.4, -0.2) is 9.13 Å². The van der Waals surface area contributed by atoms with E-state index in [9.17, 15) is 14.3 Å².